The first-order valence-corrected chi connectivity index (χ1v) is 13.0. The molecular weight excluding hydrogens is 506 g/mol. The maximum Gasteiger partial charge on any atom is 0.388 e. The lowest BCUT2D eigenvalue weighted by molar-refractivity contribution is -0.126. The Balaban J connectivity index is 1.37. The molecule has 0 spiro atoms. The van der Waals surface area contributed by atoms with Crippen molar-refractivity contribution in [1.82, 2.24) is 24.6 Å². The van der Waals surface area contributed by atoms with Gasteiger partial charge in [-0.3, -0.25) is 9.59 Å². The van der Waals surface area contributed by atoms with E-state index >= 15 is 0 Å². The number of anilines is 1. The molecule has 11 heteroatoms. The number of nitrogens with zero attached hydrogens (tertiary/aromatic N) is 5. The predicted octanol–water partition coefficient (Wildman–Crippen LogP) is 3.64. The van der Waals surface area contributed by atoms with Crippen molar-refractivity contribution in [2.75, 3.05) is 25.4 Å². The van der Waals surface area contributed by atoms with Gasteiger partial charge in [-0.2, -0.15) is 13.9 Å². The first-order chi connectivity index (χ1) is 18.8. The van der Waals surface area contributed by atoms with Crippen LogP contribution in [0.15, 0.2) is 49.2 Å². The summed E-state index contributed by atoms with van der Waals surface area (Å²) in [6, 6.07) is 9.13. The molecule has 3 aliphatic rings. The number of alkyl halides is 2. The van der Waals surface area contributed by atoms with E-state index in [1.165, 1.54) is 24.5 Å². The number of carbonyl (C=O) groups is 2. The van der Waals surface area contributed by atoms with Crippen LogP contribution in [0.1, 0.15) is 57.7 Å². The van der Waals surface area contributed by atoms with Crippen LogP contribution >= 0.6 is 0 Å². The summed E-state index contributed by atoms with van der Waals surface area (Å²) in [5.41, 5.74) is 11.2. The fourth-order valence-corrected chi connectivity index (χ4v) is 5.62. The zero-order valence-electron chi connectivity index (χ0n) is 21.2. The summed E-state index contributed by atoms with van der Waals surface area (Å²) < 4.78 is 31.5. The molecule has 1 aliphatic carbocycles. The van der Waals surface area contributed by atoms with E-state index in [0.29, 0.717) is 31.8 Å². The lowest BCUT2D eigenvalue weighted by Crippen LogP contribution is -2.46. The highest BCUT2D eigenvalue weighted by molar-refractivity contribution is 5.99. The first kappa shape index (κ1) is 25.0. The number of carbonyl (C=O) groups excluding carboxylic acids is 2. The molecule has 39 heavy (non-hydrogen) atoms. The molecule has 1 atom stereocenters. The number of ether oxygens (including phenoxy) is 1. The fourth-order valence-electron chi connectivity index (χ4n) is 5.62. The lowest BCUT2D eigenvalue weighted by Gasteiger charge is -2.38. The number of amides is 2. The molecule has 1 saturated carbocycles. The molecule has 2 N–H and O–H groups in total. The Labute approximate surface area is 223 Å². The first-order valence-electron chi connectivity index (χ1n) is 13.0. The summed E-state index contributed by atoms with van der Waals surface area (Å²) >= 11 is 0. The topological polar surface area (TPSA) is 107 Å². The van der Waals surface area contributed by atoms with E-state index in [-0.39, 0.29) is 29.6 Å². The van der Waals surface area contributed by atoms with Crippen molar-refractivity contribution in [1.29, 1.82) is 0 Å². The number of nitrogens with two attached hydrogens (primary N) is 1. The minimum atomic E-state index is -3.06. The summed E-state index contributed by atoms with van der Waals surface area (Å²) in [6.45, 7) is 1.63. The SMILES string of the molecule is C=CC(=O)N1CCc2nn(-c3ccc(C4CC4)cc3)c3c2C(C1)N(C(=O)c1cnc(OC(F)F)cc1N)CC3. The van der Waals surface area contributed by atoms with Crippen molar-refractivity contribution in [3.63, 3.8) is 0 Å². The maximum atomic E-state index is 13.8. The van der Waals surface area contributed by atoms with Gasteiger partial charge in [0, 0.05) is 50.3 Å². The predicted molar refractivity (Wildman–Crippen MR) is 139 cm³/mol. The smallest absolute Gasteiger partial charge is 0.388 e. The molecule has 6 rings (SSSR count). The average Bonchev–Trinajstić information content (AvgIpc) is 3.73. The van der Waals surface area contributed by atoms with E-state index in [1.54, 1.807) is 9.80 Å². The molecule has 4 heterocycles. The normalized spacial score (nSPS) is 18.5. The number of rotatable bonds is 6. The molecule has 0 saturated heterocycles. The van der Waals surface area contributed by atoms with Crippen LogP contribution in [0.2, 0.25) is 0 Å². The largest absolute Gasteiger partial charge is 0.417 e. The van der Waals surface area contributed by atoms with Gasteiger partial charge in [0.25, 0.3) is 5.91 Å². The van der Waals surface area contributed by atoms with Crippen LogP contribution in [0.3, 0.4) is 0 Å². The molecule has 1 unspecified atom stereocenters. The number of hydrogen-bond acceptors (Lipinski definition) is 6. The van der Waals surface area contributed by atoms with Crippen LogP contribution in [-0.2, 0) is 17.6 Å². The van der Waals surface area contributed by atoms with Crippen molar-refractivity contribution in [2.45, 2.75) is 44.3 Å². The number of aromatic nitrogens is 3. The number of nitrogen functional groups attached to an aromatic ring is 1. The molecule has 2 amide bonds. The quantitative estimate of drug-likeness (QED) is 0.484. The minimum Gasteiger partial charge on any atom is -0.417 e. The van der Waals surface area contributed by atoms with E-state index in [0.717, 1.165) is 34.9 Å². The van der Waals surface area contributed by atoms with Gasteiger partial charge in [0.15, 0.2) is 0 Å². The Morgan fingerprint density at radius 3 is 2.59 bits per heavy atom. The number of hydrogen-bond donors (Lipinski definition) is 1. The van der Waals surface area contributed by atoms with Crippen LogP contribution in [0, 0.1) is 0 Å². The maximum absolute atomic E-state index is 13.8. The Morgan fingerprint density at radius 2 is 1.92 bits per heavy atom. The van der Waals surface area contributed by atoms with Gasteiger partial charge in [0.05, 0.1) is 34.4 Å². The second-order valence-electron chi connectivity index (χ2n) is 10.1. The monoisotopic (exact) mass is 534 g/mol. The van der Waals surface area contributed by atoms with E-state index in [1.807, 2.05) is 4.68 Å². The van der Waals surface area contributed by atoms with Crippen molar-refractivity contribution < 1.29 is 23.1 Å². The molecule has 3 aromatic rings. The number of pyridine rings is 1. The summed E-state index contributed by atoms with van der Waals surface area (Å²) in [7, 11) is 0. The molecule has 202 valence electrons. The molecule has 2 aliphatic heterocycles. The van der Waals surface area contributed by atoms with Crippen LogP contribution < -0.4 is 10.5 Å². The van der Waals surface area contributed by atoms with Gasteiger partial charge < -0.3 is 20.3 Å². The van der Waals surface area contributed by atoms with Gasteiger partial charge in [-0.15, -0.1) is 0 Å². The molecule has 1 fully saturated rings. The van der Waals surface area contributed by atoms with Crippen LogP contribution in [0.4, 0.5) is 14.5 Å². The van der Waals surface area contributed by atoms with E-state index in [9.17, 15) is 18.4 Å². The fraction of sp³-hybridized carbons (Fsp3) is 0.357. The van der Waals surface area contributed by atoms with Gasteiger partial charge in [0.1, 0.15) is 0 Å². The van der Waals surface area contributed by atoms with Crippen LogP contribution in [0.5, 0.6) is 5.88 Å². The standard InChI is InChI=1S/C28H28F2N6O3/c1-2-25(37)34-11-9-21-26-22(36(33-21)18-7-5-17(6-8-18)16-3-4-16)10-12-35(23(26)15-34)27(38)19-14-32-24(13-20(19)31)39-28(29)30/h2,5-8,13-14,16,23,28H,1,3-4,9-12,15H2,(H2,31,32). The van der Waals surface area contributed by atoms with Crippen molar-refractivity contribution in [2.24, 2.45) is 0 Å². The number of benzene rings is 1. The molecule has 1 aromatic carbocycles. The lowest BCUT2D eigenvalue weighted by atomic mass is 9.94. The molecular formula is C28H28F2N6O3. The summed E-state index contributed by atoms with van der Waals surface area (Å²) in [4.78, 5) is 33.6. The van der Waals surface area contributed by atoms with Gasteiger partial charge in [-0.25, -0.2) is 9.67 Å². The van der Waals surface area contributed by atoms with Gasteiger partial charge in [0.2, 0.25) is 11.8 Å². The van der Waals surface area contributed by atoms with Gasteiger partial charge in [-0.1, -0.05) is 18.7 Å². The third-order valence-electron chi connectivity index (χ3n) is 7.69. The summed E-state index contributed by atoms with van der Waals surface area (Å²) in [6.07, 6.45) is 5.97. The molecule has 9 nitrogen and oxygen atoms in total. The molecule has 0 radical (unpaired) electrons. The van der Waals surface area contributed by atoms with Crippen LogP contribution in [0.25, 0.3) is 5.69 Å². The average molecular weight is 535 g/mol. The van der Waals surface area contributed by atoms with Gasteiger partial charge in [-0.05, 0) is 42.5 Å². The highest BCUT2D eigenvalue weighted by Crippen LogP contribution is 2.41. The Bertz CT molecular complexity index is 1450. The summed E-state index contributed by atoms with van der Waals surface area (Å²) in [5.74, 6) is -0.340. The molecule has 0 bridgehead atoms. The minimum absolute atomic E-state index is 0.0178. The van der Waals surface area contributed by atoms with E-state index in [2.05, 4.69) is 40.6 Å². The summed E-state index contributed by atoms with van der Waals surface area (Å²) in [5, 5.41) is 4.97. The Kier molecular flexibility index (Phi) is 6.28. The highest BCUT2D eigenvalue weighted by Gasteiger charge is 2.40. The molecule has 2 aromatic heterocycles. The zero-order chi connectivity index (χ0) is 27.3. The second-order valence-corrected chi connectivity index (χ2v) is 10.1. The van der Waals surface area contributed by atoms with Crippen molar-refractivity contribution >= 4 is 17.5 Å². The van der Waals surface area contributed by atoms with Gasteiger partial charge >= 0.3 is 6.61 Å². The Hall–Kier alpha value is -4.28. The highest BCUT2D eigenvalue weighted by atomic mass is 19.3. The third-order valence-corrected chi connectivity index (χ3v) is 7.69. The number of halogens is 2. The third kappa shape index (κ3) is 4.62. The Morgan fingerprint density at radius 1 is 1.15 bits per heavy atom. The zero-order valence-corrected chi connectivity index (χ0v) is 21.2. The second kappa shape index (κ2) is 9.79. The van der Waals surface area contributed by atoms with E-state index < -0.39 is 18.6 Å². The van der Waals surface area contributed by atoms with E-state index in [4.69, 9.17) is 10.8 Å². The van der Waals surface area contributed by atoms with Crippen molar-refractivity contribution in [3.05, 3.63) is 77.3 Å². The van der Waals surface area contributed by atoms with Crippen LogP contribution in [-0.4, -0.2) is 62.6 Å². The van der Waals surface area contributed by atoms with Crippen molar-refractivity contribution in [3.8, 4) is 11.6 Å².